The average Bonchev–Trinajstić information content (AvgIpc) is 2.41. The van der Waals surface area contributed by atoms with E-state index < -0.39 is 0 Å². The van der Waals surface area contributed by atoms with Crippen LogP contribution in [0, 0.1) is 23.7 Å². The van der Waals surface area contributed by atoms with E-state index in [0.29, 0.717) is 11.6 Å². The quantitative estimate of drug-likeness (QED) is 0.826. The van der Waals surface area contributed by atoms with Crippen molar-refractivity contribution in [3.8, 4) is 0 Å². The van der Waals surface area contributed by atoms with E-state index in [1.54, 1.807) is 0 Å². The molecule has 2 N–H and O–H groups in total. The Labute approximate surface area is 119 Å². The maximum atomic E-state index is 6.42. The van der Waals surface area contributed by atoms with E-state index in [2.05, 4.69) is 25.7 Å². The van der Waals surface area contributed by atoms with E-state index in [1.165, 1.54) is 45.1 Å². The van der Waals surface area contributed by atoms with Crippen LogP contribution < -0.4 is 5.73 Å². The Morgan fingerprint density at radius 2 is 1.58 bits per heavy atom. The summed E-state index contributed by atoms with van der Waals surface area (Å²) in [5.41, 5.74) is 6.76. The molecule has 0 aromatic rings. The molecule has 19 heavy (non-hydrogen) atoms. The van der Waals surface area contributed by atoms with Crippen molar-refractivity contribution in [1.29, 1.82) is 0 Å². The number of rotatable bonds is 5. The first-order valence-corrected chi connectivity index (χ1v) is 8.62. The van der Waals surface area contributed by atoms with Gasteiger partial charge in [-0.3, -0.25) is 4.90 Å². The molecule has 0 spiro atoms. The molecule has 1 unspecified atom stereocenters. The van der Waals surface area contributed by atoms with Crippen molar-refractivity contribution in [2.24, 2.45) is 29.4 Å². The lowest BCUT2D eigenvalue weighted by atomic mass is 9.48. The molecule has 0 saturated heterocycles. The second-order valence-electron chi connectivity index (χ2n) is 7.54. The van der Waals surface area contributed by atoms with Crippen molar-refractivity contribution in [3.63, 3.8) is 0 Å². The van der Waals surface area contributed by atoms with Crippen molar-refractivity contribution in [3.05, 3.63) is 0 Å². The third kappa shape index (κ3) is 1.90. The average molecular weight is 264 g/mol. The fourth-order valence-electron chi connectivity index (χ4n) is 6.16. The summed E-state index contributed by atoms with van der Waals surface area (Å²) in [6.07, 6.45) is 8.66. The molecule has 0 aliphatic heterocycles. The number of nitrogens with two attached hydrogens (primary N) is 1. The van der Waals surface area contributed by atoms with Crippen LogP contribution in [0.5, 0.6) is 0 Å². The van der Waals surface area contributed by atoms with E-state index in [4.69, 9.17) is 5.73 Å². The van der Waals surface area contributed by atoms with Crippen LogP contribution in [0.25, 0.3) is 0 Å². The molecule has 0 radical (unpaired) electrons. The van der Waals surface area contributed by atoms with Crippen molar-refractivity contribution < 1.29 is 0 Å². The third-order valence-electron chi connectivity index (χ3n) is 6.88. The summed E-state index contributed by atoms with van der Waals surface area (Å²) < 4.78 is 0. The molecule has 0 aromatic heterocycles. The van der Waals surface area contributed by atoms with E-state index in [0.717, 1.165) is 30.2 Å². The minimum Gasteiger partial charge on any atom is -0.329 e. The van der Waals surface area contributed by atoms with Gasteiger partial charge < -0.3 is 5.73 Å². The Bertz CT molecular complexity index is 297. The molecular formula is C17H32N2. The van der Waals surface area contributed by atoms with E-state index in [9.17, 15) is 0 Å². The predicted octanol–water partition coefficient (Wildman–Crippen LogP) is 3.26. The van der Waals surface area contributed by atoms with Gasteiger partial charge in [-0.1, -0.05) is 13.8 Å². The fraction of sp³-hybridized carbons (Fsp3) is 1.00. The van der Waals surface area contributed by atoms with E-state index in [-0.39, 0.29) is 0 Å². The number of hydrogen-bond donors (Lipinski definition) is 1. The molecule has 110 valence electrons. The maximum Gasteiger partial charge on any atom is 0.0390 e. The summed E-state index contributed by atoms with van der Waals surface area (Å²) in [5, 5.41) is 0. The smallest absolute Gasteiger partial charge is 0.0390 e. The molecule has 1 atom stereocenters. The Morgan fingerprint density at radius 3 is 1.95 bits per heavy atom. The molecule has 4 fully saturated rings. The Hall–Kier alpha value is -0.0800. The molecule has 4 aliphatic carbocycles. The summed E-state index contributed by atoms with van der Waals surface area (Å²) in [4.78, 5) is 2.81. The van der Waals surface area contributed by atoms with Crippen molar-refractivity contribution in [2.45, 2.75) is 70.9 Å². The minimum atomic E-state index is 0.345. The third-order valence-corrected chi connectivity index (χ3v) is 6.88. The molecule has 2 nitrogen and oxygen atoms in total. The van der Waals surface area contributed by atoms with Gasteiger partial charge in [0.05, 0.1) is 0 Å². The summed E-state index contributed by atoms with van der Waals surface area (Å²) in [6.45, 7) is 9.14. The second kappa shape index (κ2) is 5.04. The van der Waals surface area contributed by atoms with Crippen LogP contribution in [0.15, 0.2) is 0 Å². The highest BCUT2D eigenvalue weighted by Crippen LogP contribution is 2.60. The van der Waals surface area contributed by atoms with Crippen molar-refractivity contribution in [2.75, 3.05) is 13.1 Å². The lowest BCUT2D eigenvalue weighted by molar-refractivity contribution is -0.141. The predicted molar refractivity (Wildman–Crippen MR) is 81.0 cm³/mol. The molecule has 4 bridgehead atoms. The number of nitrogens with zero attached hydrogens (tertiary/aromatic N) is 1. The fourth-order valence-corrected chi connectivity index (χ4v) is 6.16. The Kier molecular flexibility index (Phi) is 3.68. The molecular weight excluding hydrogens is 232 g/mol. The highest BCUT2D eigenvalue weighted by Gasteiger charge is 2.59. The zero-order valence-electron chi connectivity index (χ0n) is 13.1. The molecule has 2 heteroatoms. The van der Waals surface area contributed by atoms with Gasteiger partial charge in [-0.05, 0) is 75.7 Å². The van der Waals surface area contributed by atoms with E-state index >= 15 is 0 Å². The van der Waals surface area contributed by atoms with Crippen LogP contribution in [0.2, 0.25) is 0 Å². The van der Waals surface area contributed by atoms with Crippen LogP contribution in [-0.4, -0.2) is 29.6 Å². The number of likely N-dealkylation sites (N-methyl/N-ethyl adjacent to an activating group) is 1. The Morgan fingerprint density at radius 1 is 1.05 bits per heavy atom. The van der Waals surface area contributed by atoms with Gasteiger partial charge in [-0.2, -0.15) is 0 Å². The van der Waals surface area contributed by atoms with Crippen LogP contribution in [0.3, 0.4) is 0 Å². The standard InChI is InChI=1S/C17H32N2/c1-4-12(3)19(5-2)17(11-18)15-7-13-6-14(9-15)10-16(17)8-13/h12-16H,4-11,18H2,1-3H3. The zero-order valence-corrected chi connectivity index (χ0v) is 13.1. The molecule has 0 heterocycles. The first-order chi connectivity index (χ1) is 9.15. The zero-order chi connectivity index (χ0) is 13.6. The lowest BCUT2D eigenvalue weighted by Gasteiger charge is -2.65. The summed E-state index contributed by atoms with van der Waals surface area (Å²) >= 11 is 0. The summed E-state index contributed by atoms with van der Waals surface area (Å²) in [7, 11) is 0. The van der Waals surface area contributed by atoms with Crippen LogP contribution in [0.1, 0.15) is 59.3 Å². The van der Waals surface area contributed by atoms with Crippen molar-refractivity contribution >= 4 is 0 Å². The van der Waals surface area contributed by atoms with Gasteiger partial charge in [0, 0.05) is 18.1 Å². The van der Waals surface area contributed by atoms with Crippen LogP contribution in [-0.2, 0) is 0 Å². The first kappa shape index (κ1) is 13.9. The SMILES string of the molecule is CCC(C)N(CC)C1(CN)C2CC3CC(C2)CC1C3. The van der Waals surface area contributed by atoms with Crippen LogP contribution in [0.4, 0.5) is 0 Å². The normalized spacial score (nSPS) is 45.9. The minimum absolute atomic E-state index is 0.345. The van der Waals surface area contributed by atoms with Crippen molar-refractivity contribution in [1.82, 2.24) is 4.90 Å². The topological polar surface area (TPSA) is 29.3 Å². The van der Waals surface area contributed by atoms with Crippen LogP contribution >= 0.6 is 0 Å². The molecule has 4 saturated carbocycles. The first-order valence-electron chi connectivity index (χ1n) is 8.62. The van der Waals surface area contributed by atoms with Gasteiger partial charge in [0.25, 0.3) is 0 Å². The van der Waals surface area contributed by atoms with E-state index in [1.807, 2.05) is 0 Å². The summed E-state index contributed by atoms with van der Waals surface area (Å²) in [5.74, 6) is 3.86. The van der Waals surface area contributed by atoms with Gasteiger partial charge >= 0.3 is 0 Å². The van der Waals surface area contributed by atoms with Gasteiger partial charge in [0.15, 0.2) is 0 Å². The highest BCUT2D eigenvalue weighted by molar-refractivity contribution is 5.13. The Balaban J connectivity index is 1.93. The monoisotopic (exact) mass is 264 g/mol. The lowest BCUT2D eigenvalue weighted by Crippen LogP contribution is -2.70. The molecule has 0 aromatic carbocycles. The maximum absolute atomic E-state index is 6.42. The molecule has 4 aliphatic rings. The number of hydrogen-bond acceptors (Lipinski definition) is 2. The molecule has 0 amide bonds. The summed E-state index contributed by atoms with van der Waals surface area (Å²) in [6, 6.07) is 0.686. The van der Waals surface area contributed by atoms with Gasteiger partial charge in [0.2, 0.25) is 0 Å². The van der Waals surface area contributed by atoms with Gasteiger partial charge in [-0.15, -0.1) is 0 Å². The van der Waals surface area contributed by atoms with Gasteiger partial charge in [0.1, 0.15) is 0 Å². The van der Waals surface area contributed by atoms with Gasteiger partial charge in [-0.25, -0.2) is 0 Å². The largest absolute Gasteiger partial charge is 0.329 e. The molecule has 4 rings (SSSR count). The highest BCUT2D eigenvalue weighted by atomic mass is 15.2. The second-order valence-corrected chi connectivity index (χ2v) is 7.54.